The van der Waals surface area contributed by atoms with Gasteiger partial charge in [-0.05, 0) is 49.2 Å². The fraction of sp³-hybridized carbons (Fsp3) is 0.176. The smallest absolute Gasteiger partial charge is 0.324 e. The summed E-state index contributed by atoms with van der Waals surface area (Å²) in [5.74, 6) is -0.753. The van der Waals surface area contributed by atoms with Crippen molar-refractivity contribution in [3.63, 3.8) is 0 Å². The molecule has 6 heteroatoms. The van der Waals surface area contributed by atoms with Crippen LogP contribution in [-0.4, -0.2) is 15.5 Å². The summed E-state index contributed by atoms with van der Waals surface area (Å²) >= 11 is 0. The molecule has 0 atom stereocenters. The van der Waals surface area contributed by atoms with Gasteiger partial charge in [-0.2, -0.15) is 0 Å². The Morgan fingerprint density at radius 3 is 2.78 bits per heavy atom. The van der Waals surface area contributed by atoms with Crippen molar-refractivity contribution in [3.8, 4) is 0 Å². The molecule has 0 spiro atoms. The summed E-state index contributed by atoms with van der Waals surface area (Å²) in [6.45, 7) is 3.70. The van der Waals surface area contributed by atoms with Gasteiger partial charge in [-0.1, -0.05) is 12.1 Å². The predicted octanol–water partition coefficient (Wildman–Crippen LogP) is 2.72. The molecular formula is C17H16FN3O2. The predicted molar refractivity (Wildman–Crippen MR) is 87.1 cm³/mol. The van der Waals surface area contributed by atoms with Gasteiger partial charge < -0.3 is 10.3 Å². The second-order valence-electron chi connectivity index (χ2n) is 5.54. The lowest BCUT2D eigenvalue weighted by Crippen LogP contribution is -2.26. The van der Waals surface area contributed by atoms with Gasteiger partial charge in [-0.3, -0.25) is 9.36 Å². The first kappa shape index (κ1) is 15.0. The molecule has 0 saturated carbocycles. The maximum Gasteiger partial charge on any atom is 0.326 e. The normalized spacial score (nSPS) is 10.9. The Hall–Kier alpha value is -2.89. The summed E-state index contributed by atoms with van der Waals surface area (Å²) in [5.41, 5.74) is 3.11. The molecule has 0 radical (unpaired) electrons. The van der Waals surface area contributed by atoms with Crippen LogP contribution in [0.3, 0.4) is 0 Å². The number of halogens is 1. The Balaban J connectivity index is 1.87. The molecule has 0 fully saturated rings. The van der Waals surface area contributed by atoms with Gasteiger partial charge in [0.05, 0.1) is 11.0 Å². The summed E-state index contributed by atoms with van der Waals surface area (Å²) < 4.78 is 14.5. The molecule has 0 aliphatic carbocycles. The van der Waals surface area contributed by atoms with E-state index in [2.05, 4.69) is 10.3 Å². The largest absolute Gasteiger partial charge is 0.326 e. The molecule has 118 valence electrons. The number of nitrogens with one attached hydrogen (secondary N) is 2. The number of anilines is 1. The van der Waals surface area contributed by atoms with Crippen LogP contribution in [0.1, 0.15) is 11.1 Å². The molecular weight excluding hydrogens is 297 g/mol. The third-order valence-corrected chi connectivity index (χ3v) is 3.71. The highest BCUT2D eigenvalue weighted by Crippen LogP contribution is 2.17. The number of aromatic amines is 1. The number of amides is 1. The van der Waals surface area contributed by atoms with E-state index in [0.29, 0.717) is 16.7 Å². The Bertz CT molecular complexity index is 956. The molecule has 0 unspecified atom stereocenters. The lowest BCUT2D eigenvalue weighted by atomic mass is 10.1. The van der Waals surface area contributed by atoms with Gasteiger partial charge in [0, 0.05) is 5.69 Å². The van der Waals surface area contributed by atoms with Gasteiger partial charge in [-0.25, -0.2) is 9.18 Å². The zero-order valence-corrected chi connectivity index (χ0v) is 12.8. The Labute approximate surface area is 131 Å². The van der Waals surface area contributed by atoms with E-state index in [0.717, 1.165) is 11.1 Å². The highest BCUT2D eigenvalue weighted by Gasteiger charge is 2.12. The average Bonchev–Trinajstić information content (AvgIpc) is 2.78. The number of rotatable bonds is 3. The van der Waals surface area contributed by atoms with E-state index in [1.807, 2.05) is 32.0 Å². The minimum absolute atomic E-state index is 0.141. The number of aryl methyl sites for hydroxylation is 2. The van der Waals surface area contributed by atoms with E-state index < -0.39 is 11.5 Å². The van der Waals surface area contributed by atoms with Crippen LogP contribution in [0.5, 0.6) is 0 Å². The molecule has 0 aliphatic heterocycles. The molecule has 23 heavy (non-hydrogen) atoms. The zero-order valence-electron chi connectivity index (χ0n) is 12.8. The van der Waals surface area contributed by atoms with Crippen molar-refractivity contribution >= 4 is 22.6 Å². The molecule has 0 aliphatic rings. The van der Waals surface area contributed by atoms with E-state index >= 15 is 0 Å². The van der Waals surface area contributed by atoms with Crippen LogP contribution in [0.15, 0.2) is 41.2 Å². The number of fused-ring (bicyclic) bond motifs is 1. The molecule has 5 nitrogen and oxygen atoms in total. The first-order chi connectivity index (χ1) is 10.9. The lowest BCUT2D eigenvalue weighted by molar-refractivity contribution is -0.116. The van der Waals surface area contributed by atoms with Crippen LogP contribution in [0.2, 0.25) is 0 Å². The second kappa shape index (κ2) is 5.72. The second-order valence-corrected chi connectivity index (χ2v) is 5.54. The van der Waals surface area contributed by atoms with Crippen LogP contribution in [-0.2, 0) is 11.3 Å². The number of hydrogen-bond acceptors (Lipinski definition) is 2. The van der Waals surface area contributed by atoms with Crippen LogP contribution in [0.25, 0.3) is 11.0 Å². The molecule has 0 bridgehead atoms. The number of nitrogens with zero attached hydrogens (tertiary/aromatic N) is 1. The number of hydrogen-bond donors (Lipinski definition) is 2. The van der Waals surface area contributed by atoms with Crippen LogP contribution in [0.4, 0.5) is 10.1 Å². The van der Waals surface area contributed by atoms with Crippen molar-refractivity contribution in [2.24, 2.45) is 0 Å². The first-order valence-corrected chi connectivity index (χ1v) is 7.19. The summed E-state index contributed by atoms with van der Waals surface area (Å²) in [7, 11) is 0. The van der Waals surface area contributed by atoms with E-state index in [1.54, 1.807) is 0 Å². The minimum atomic E-state index is -0.443. The van der Waals surface area contributed by atoms with Crippen molar-refractivity contribution in [1.82, 2.24) is 9.55 Å². The quantitative estimate of drug-likeness (QED) is 0.781. The zero-order chi connectivity index (χ0) is 16.6. The summed E-state index contributed by atoms with van der Waals surface area (Å²) in [5, 5.41) is 2.81. The van der Waals surface area contributed by atoms with E-state index in [1.165, 1.54) is 22.8 Å². The monoisotopic (exact) mass is 313 g/mol. The SMILES string of the molecule is Cc1ccc(C)c(NC(=O)Cn2c(=O)[nH]c3cc(F)ccc32)c1. The topological polar surface area (TPSA) is 66.9 Å². The summed E-state index contributed by atoms with van der Waals surface area (Å²) in [6.07, 6.45) is 0. The third-order valence-electron chi connectivity index (χ3n) is 3.71. The standard InChI is InChI=1S/C17H16FN3O2/c1-10-3-4-11(2)13(7-10)19-16(22)9-21-15-6-5-12(18)8-14(15)20-17(21)23/h3-8H,9H2,1-2H3,(H,19,22)(H,20,23). The van der Waals surface area contributed by atoms with E-state index in [-0.39, 0.29) is 12.5 Å². The number of benzene rings is 2. The third kappa shape index (κ3) is 3.01. The van der Waals surface area contributed by atoms with Crippen molar-refractivity contribution in [2.75, 3.05) is 5.32 Å². The molecule has 2 aromatic carbocycles. The Morgan fingerprint density at radius 2 is 2.00 bits per heavy atom. The summed E-state index contributed by atoms with van der Waals surface area (Å²) in [4.78, 5) is 26.8. The van der Waals surface area contributed by atoms with Crippen molar-refractivity contribution in [2.45, 2.75) is 20.4 Å². The molecule has 3 aromatic rings. The number of carbonyl (C=O) groups excluding carboxylic acids is 1. The molecule has 0 saturated heterocycles. The Kier molecular flexibility index (Phi) is 3.73. The van der Waals surface area contributed by atoms with Gasteiger partial charge in [0.1, 0.15) is 12.4 Å². The van der Waals surface area contributed by atoms with Crippen molar-refractivity contribution < 1.29 is 9.18 Å². The van der Waals surface area contributed by atoms with Gasteiger partial charge in [-0.15, -0.1) is 0 Å². The fourth-order valence-corrected chi connectivity index (χ4v) is 2.50. The van der Waals surface area contributed by atoms with Crippen LogP contribution in [0, 0.1) is 19.7 Å². The minimum Gasteiger partial charge on any atom is -0.324 e. The fourth-order valence-electron chi connectivity index (χ4n) is 2.50. The highest BCUT2D eigenvalue weighted by molar-refractivity contribution is 5.92. The van der Waals surface area contributed by atoms with Gasteiger partial charge in [0.15, 0.2) is 0 Å². The van der Waals surface area contributed by atoms with E-state index in [9.17, 15) is 14.0 Å². The molecule has 1 heterocycles. The Morgan fingerprint density at radius 1 is 1.22 bits per heavy atom. The van der Waals surface area contributed by atoms with Crippen molar-refractivity contribution in [3.05, 3.63) is 63.8 Å². The van der Waals surface area contributed by atoms with Crippen LogP contribution < -0.4 is 11.0 Å². The van der Waals surface area contributed by atoms with Gasteiger partial charge >= 0.3 is 5.69 Å². The van der Waals surface area contributed by atoms with Crippen LogP contribution >= 0.6 is 0 Å². The van der Waals surface area contributed by atoms with Crippen molar-refractivity contribution in [1.29, 1.82) is 0 Å². The molecule has 3 rings (SSSR count). The first-order valence-electron chi connectivity index (χ1n) is 7.19. The average molecular weight is 313 g/mol. The van der Waals surface area contributed by atoms with Gasteiger partial charge in [0.25, 0.3) is 0 Å². The number of aromatic nitrogens is 2. The maximum atomic E-state index is 13.2. The maximum absolute atomic E-state index is 13.2. The molecule has 1 amide bonds. The molecule has 2 N–H and O–H groups in total. The van der Waals surface area contributed by atoms with E-state index in [4.69, 9.17) is 0 Å². The van der Waals surface area contributed by atoms with Gasteiger partial charge in [0.2, 0.25) is 5.91 Å². The highest BCUT2D eigenvalue weighted by atomic mass is 19.1. The lowest BCUT2D eigenvalue weighted by Gasteiger charge is -2.10. The summed E-state index contributed by atoms with van der Waals surface area (Å²) in [6, 6.07) is 9.73. The molecule has 1 aromatic heterocycles. The number of carbonyl (C=O) groups is 1. The number of H-pyrrole nitrogens is 1. The number of imidazole rings is 1.